The number of nitro benzene ring substituents is 2. The van der Waals surface area contributed by atoms with Crippen LogP contribution in [0.2, 0.25) is 0 Å². The molecule has 0 unspecified atom stereocenters. The van der Waals surface area contributed by atoms with Crippen molar-refractivity contribution >= 4 is 17.1 Å². The summed E-state index contributed by atoms with van der Waals surface area (Å²) in [7, 11) is 0. The molecule has 1 N–H and O–H groups in total. The van der Waals surface area contributed by atoms with Crippen molar-refractivity contribution < 1.29 is 24.2 Å². The van der Waals surface area contributed by atoms with Gasteiger partial charge in [-0.2, -0.15) is 0 Å². The first-order chi connectivity index (χ1) is 13.5. The Balaban J connectivity index is 1.43. The molecule has 2 aliphatic heterocycles. The van der Waals surface area contributed by atoms with Gasteiger partial charge in [0.15, 0.2) is 11.5 Å². The summed E-state index contributed by atoms with van der Waals surface area (Å²) in [6.45, 7) is 3.97. The van der Waals surface area contributed by atoms with Crippen LogP contribution in [0, 0.1) is 20.2 Å². The lowest BCUT2D eigenvalue weighted by Crippen LogP contribution is -3.13. The number of hydrogen-bond donors (Lipinski definition) is 1. The first kappa shape index (κ1) is 18.0. The number of nitrogens with zero attached hydrogens (tertiary/aromatic N) is 3. The summed E-state index contributed by atoms with van der Waals surface area (Å²) < 4.78 is 10.7. The predicted molar refractivity (Wildman–Crippen MR) is 98.9 cm³/mol. The number of non-ortho nitro benzene ring substituents is 1. The number of nitrogens with one attached hydrogen (secondary N) is 1. The minimum atomic E-state index is -0.621. The normalized spacial score (nSPS) is 16.2. The van der Waals surface area contributed by atoms with Crippen LogP contribution < -0.4 is 19.3 Å². The standard InChI is InChI=1S/C18H18N4O6/c23-21(24)14-2-3-15(16(10-14)22(25)26)20-7-5-19(6-8-20)11-13-1-4-17-18(9-13)28-12-27-17/h1-4,9-10H,5-8,11-12H2/p+1. The monoisotopic (exact) mass is 387 g/mol. The highest BCUT2D eigenvalue weighted by molar-refractivity contribution is 5.67. The average molecular weight is 387 g/mol. The molecule has 0 spiro atoms. The number of hydrogen-bond acceptors (Lipinski definition) is 7. The van der Waals surface area contributed by atoms with Crippen molar-refractivity contribution in [1.82, 2.24) is 0 Å². The second-order valence-electron chi connectivity index (χ2n) is 6.79. The number of piperazine rings is 1. The summed E-state index contributed by atoms with van der Waals surface area (Å²) >= 11 is 0. The first-order valence-electron chi connectivity index (χ1n) is 8.91. The van der Waals surface area contributed by atoms with Crippen molar-refractivity contribution in [3.8, 4) is 11.5 Å². The van der Waals surface area contributed by atoms with E-state index in [2.05, 4.69) is 0 Å². The maximum Gasteiger partial charge on any atom is 0.299 e. The molecule has 2 aromatic carbocycles. The van der Waals surface area contributed by atoms with E-state index in [1.807, 2.05) is 23.1 Å². The molecular weight excluding hydrogens is 368 g/mol. The van der Waals surface area contributed by atoms with E-state index < -0.39 is 9.85 Å². The third kappa shape index (κ3) is 3.54. The van der Waals surface area contributed by atoms with Crippen LogP contribution in [-0.2, 0) is 6.54 Å². The Morgan fingerprint density at radius 3 is 2.43 bits per heavy atom. The van der Waals surface area contributed by atoms with Gasteiger partial charge in [-0.15, -0.1) is 0 Å². The number of benzene rings is 2. The molecule has 0 bridgehead atoms. The second-order valence-corrected chi connectivity index (χ2v) is 6.79. The largest absolute Gasteiger partial charge is 0.454 e. The van der Waals surface area contributed by atoms with Crippen LogP contribution in [0.3, 0.4) is 0 Å². The number of anilines is 1. The highest BCUT2D eigenvalue weighted by Crippen LogP contribution is 2.33. The van der Waals surface area contributed by atoms with Crippen molar-refractivity contribution in [2.45, 2.75) is 6.54 Å². The fourth-order valence-electron chi connectivity index (χ4n) is 3.62. The molecule has 0 radical (unpaired) electrons. The van der Waals surface area contributed by atoms with Crippen LogP contribution in [0.5, 0.6) is 11.5 Å². The average Bonchev–Trinajstić information content (AvgIpc) is 3.16. The van der Waals surface area contributed by atoms with Crippen LogP contribution in [-0.4, -0.2) is 42.8 Å². The zero-order valence-corrected chi connectivity index (χ0v) is 15.0. The topological polar surface area (TPSA) is 112 Å². The molecule has 28 heavy (non-hydrogen) atoms. The summed E-state index contributed by atoms with van der Waals surface area (Å²) in [6, 6.07) is 9.74. The Labute approximate surface area is 160 Å². The molecule has 2 heterocycles. The summed E-state index contributed by atoms with van der Waals surface area (Å²) in [5.41, 5.74) is 1.07. The molecule has 10 heteroatoms. The maximum absolute atomic E-state index is 11.4. The lowest BCUT2D eigenvalue weighted by molar-refractivity contribution is -0.914. The quantitative estimate of drug-likeness (QED) is 0.605. The van der Waals surface area contributed by atoms with Crippen LogP contribution >= 0.6 is 0 Å². The van der Waals surface area contributed by atoms with Gasteiger partial charge in [0, 0.05) is 11.6 Å². The van der Waals surface area contributed by atoms with Crippen molar-refractivity contribution in [2.24, 2.45) is 0 Å². The summed E-state index contributed by atoms with van der Waals surface area (Å²) in [5, 5.41) is 22.3. The van der Waals surface area contributed by atoms with E-state index in [1.54, 1.807) is 0 Å². The summed E-state index contributed by atoms with van der Waals surface area (Å²) in [4.78, 5) is 24.4. The van der Waals surface area contributed by atoms with E-state index in [0.29, 0.717) is 18.8 Å². The molecule has 1 saturated heterocycles. The fraction of sp³-hybridized carbons (Fsp3) is 0.333. The van der Waals surface area contributed by atoms with Gasteiger partial charge >= 0.3 is 0 Å². The third-order valence-corrected chi connectivity index (χ3v) is 5.07. The zero-order chi connectivity index (χ0) is 19.7. The molecule has 4 rings (SSSR count). The van der Waals surface area contributed by atoms with Crippen LogP contribution in [0.1, 0.15) is 5.56 Å². The molecular formula is C18H19N4O6+. The van der Waals surface area contributed by atoms with Crippen LogP contribution in [0.25, 0.3) is 0 Å². The zero-order valence-electron chi connectivity index (χ0n) is 15.0. The smallest absolute Gasteiger partial charge is 0.299 e. The SMILES string of the molecule is O=[N+]([O-])c1ccc(N2CC[NH+](Cc3ccc4c(c3)OCO4)CC2)c([N+](=O)[O-])c1. The van der Waals surface area contributed by atoms with Crippen molar-refractivity contribution in [2.75, 3.05) is 37.9 Å². The summed E-state index contributed by atoms with van der Waals surface area (Å²) in [6.07, 6.45) is 0. The van der Waals surface area contributed by atoms with E-state index >= 15 is 0 Å². The van der Waals surface area contributed by atoms with Gasteiger partial charge < -0.3 is 19.3 Å². The number of ether oxygens (including phenoxy) is 2. The molecule has 1 fully saturated rings. The Bertz CT molecular complexity index is 926. The van der Waals surface area contributed by atoms with Crippen molar-refractivity contribution in [3.05, 3.63) is 62.2 Å². The van der Waals surface area contributed by atoms with Gasteiger partial charge in [-0.25, -0.2) is 0 Å². The Kier molecular flexibility index (Phi) is 4.70. The van der Waals surface area contributed by atoms with Crippen molar-refractivity contribution in [1.29, 1.82) is 0 Å². The lowest BCUT2D eigenvalue weighted by Gasteiger charge is -2.33. The molecule has 10 nitrogen and oxygen atoms in total. The molecule has 0 saturated carbocycles. The molecule has 0 atom stereocenters. The first-order valence-corrected chi connectivity index (χ1v) is 8.91. The Morgan fingerprint density at radius 2 is 1.71 bits per heavy atom. The van der Waals surface area contributed by atoms with E-state index in [4.69, 9.17) is 9.47 Å². The highest BCUT2D eigenvalue weighted by Gasteiger charge is 2.28. The van der Waals surface area contributed by atoms with Gasteiger partial charge in [0.05, 0.1) is 42.1 Å². The van der Waals surface area contributed by atoms with Gasteiger partial charge in [-0.1, -0.05) is 0 Å². The van der Waals surface area contributed by atoms with Gasteiger partial charge in [0.2, 0.25) is 6.79 Å². The Morgan fingerprint density at radius 1 is 0.964 bits per heavy atom. The van der Waals surface area contributed by atoms with E-state index in [9.17, 15) is 20.2 Å². The number of rotatable bonds is 5. The fourth-order valence-corrected chi connectivity index (χ4v) is 3.62. The minimum Gasteiger partial charge on any atom is -0.454 e. The molecule has 0 aromatic heterocycles. The second kappa shape index (κ2) is 7.31. The van der Waals surface area contributed by atoms with E-state index in [1.165, 1.54) is 17.0 Å². The van der Waals surface area contributed by atoms with Gasteiger partial charge in [-0.3, -0.25) is 20.2 Å². The number of fused-ring (bicyclic) bond motifs is 1. The Hall–Kier alpha value is -3.40. The van der Waals surface area contributed by atoms with E-state index in [-0.39, 0.29) is 18.2 Å². The third-order valence-electron chi connectivity index (χ3n) is 5.07. The van der Waals surface area contributed by atoms with Gasteiger partial charge in [0.1, 0.15) is 12.2 Å². The molecule has 0 amide bonds. The van der Waals surface area contributed by atoms with Crippen molar-refractivity contribution in [3.63, 3.8) is 0 Å². The van der Waals surface area contributed by atoms with E-state index in [0.717, 1.165) is 42.8 Å². The predicted octanol–water partition coefficient (Wildman–Crippen LogP) is 1.14. The molecule has 0 aliphatic carbocycles. The van der Waals surface area contributed by atoms with Gasteiger partial charge in [0.25, 0.3) is 11.4 Å². The molecule has 2 aromatic rings. The molecule has 2 aliphatic rings. The van der Waals surface area contributed by atoms with Crippen LogP contribution in [0.15, 0.2) is 36.4 Å². The van der Waals surface area contributed by atoms with Crippen LogP contribution in [0.4, 0.5) is 17.1 Å². The number of quaternary nitrogens is 1. The summed E-state index contributed by atoms with van der Waals surface area (Å²) in [5.74, 6) is 1.52. The maximum atomic E-state index is 11.4. The molecule has 146 valence electrons. The highest BCUT2D eigenvalue weighted by atomic mass is 16.7. The minimum absolute atomic E-state index is 0.228. The lowest BCUT2D eigenvalue weighted by atomic mass is 10.1. The number of nitro groups is 2. The van der Waals surface area contributed by atoms with Gasteiger partial charge in [-0.05, 0) is 24.3 Å².